The first kappa shape index (κ1) is 9.72. The lowest BCUT2D eigenvalue weighted by Gasteiger charge is -2.03. The molecular formula is C12H13F. The molecule has 0 N–H and O–H groups in total. The van der Waals surface area contributed by atoms with E-state index in [0.717, 1.165) is 24.0 Å². The fraction of sp³-hybridized carbons (Fsp3) is 0.167. The van der Waals surface area contributed by atoms with E-state index in [1.54, 1.807) is 18.2 Å². The highest BCUT2D eigenvalue weighted by Crippen LogP contribution is 2.14. The van der Waals surface area contributed by atoms with Crippen molar-refractivity contribution in [2.45, 2.75) is 12.8 Å². The molecule has 0 aromatic heterocycles. The van der Waals surface area contributed by atoms with E-state index in [9.17, 15) is 4.39 Å². The molecule has 0 fully saturated rings. The molecule has 0 spiro atoms. The average Bonchev–Trinajstić information content (AvgIpc) is 2.15. The molecule has 0 heterocycles. The smallest absolute Gasteiger partial charge is 0.123 e. The quantitative estimate of drug-likeness (QED) is 0.615. The van der Waals surface area contributed by atoms with E-state index in [2.05, 4.69) is 13.2 Å². The van der Waals surface area contributed by atoms with Gasteiger partial charge < -0.3 is 0 Å². The molecule has 13 heavy (non-hydrogen) atoms. The van der Waals surface area contributed by atoms with Crippen LogP contribution in [0.4, 0.5) is 4.39 Å². The molecule has 0 unspecified atom stereocenters. The summed E-state index contributed by atoms with van der Waals surface area (Å²) in [5, 5.41) is 0. The lowest BCUT2D eigenvalue weighted by Crippen LogP contribution is -1.89. The number of benzene rings is 1. The molecule has 0 atom stereocenters. The van der Waals surface area contributed by atoms with Crippen LogP contribution >= 0.6 is 0 Å². The highest BCUT2D eigenvalue weighted by Gasteiger charge is 1.99. The van der Waals surface area contributed by atoms with Crippen molar-refractivity contribution in [1.82, 2.24) is 0 Å². The largest absolute Gasteiger partial charge is 0.207 e. The number of hydrogen-bond acceptors (Lipinski definition) is 0. The van der Waals surface area contributed by atoms with E-state index in [4.69, 9.17) is 0 Å². The van der Waals surface area contributed by atoms with Crippen LogP contribution in [0.25, 0.3) is 6.08 Å². The maximum Gasteiger partial charge on any atom is 0.123 e. The molecule has 0 saturated heterocycles. The van der Waals surface area contributed by atoms with E-state index < -0.39 is 0 Å². The van der Waals surface area contributed by atoms with Crippen LogP contribution in [0.3, 0.4) is 0 Å². The second kappa shape index (κ2) is 4.61. The molecule has 1 heteroatoms. The highest BCUT2D eigenvalue weighted by molar-refractivity contribution is 5.51. The Balaban J connectivity index is 2.93. The zero-order valence-electron chi connectivity index (χ0n) is 7.59. The number of aryl methyl sites for hydroxylation is 1. The lowest BCUT2D eigenvalue weighted by molar-refractivity contribution is 0.625. The van der Waals surface area contributed by atoms with Crippen LogP contribution in [0.1, 0.15) is 17.5 Å². The van der Waals surface area contributed by atoms with E-state index >= 15 is 0 Å². The summed E-state index contributed by atoms with van der Waals surface area (Å²) in [6, 6.07) is 4.76. The lowest BCUT2D eigenvalue weighted by atomic mass is 10.0. The molecule has 0 saturated carbocycles. The van der Waals surface area contributed by atoms with Crippen LogP contribution in [0.2, 0.25) is 0 Å². The number of allylic oxidation sites excluding steroid dienone is 1. The molecule has 1 rings (SSSR count). The Labute approximate surface area is 78.4 Å². The van der Waals surface area contributed by atoms with Crippen LogP contribution in [0.5, 0.6) is 0 Å². The Morgan fingerprint density at radius 2 is 2.08 bits per heavy atom. The fourth-order valence-corrected chi connectivity index (χ4v) is 1.25. The zero-order chi connectivity index (χ0) is 9.68. The van der Waals surface area contributed by atoms with Gasteiger partial charge in [-0.3, -0.25) is 0 Å². The summed E-state index contributed by atoms with van der Waals surface area (Å²) in [5.41, 5.74) is 2.00. The number of halogens is 1. The van der Waals surface area contributed by atoms with E-state index in [0.29, 0.717) is 0 Å². The average molecular weight is 176 g/mol. The first-order valence-corrected chi connectivity index (χ1v) is 4.29. The normalized spacial score (nSPS) is 9.62. The van der Waals surface area contributed by atoms with E-state index in [-0.39, 0.29) is 5.82 Å². The molecule has 0 amide bonds. The molecular weight excluding hydrogens is 163 g/mol. The first-order chi connectivity index (χ1) is 6.27. The minimum absolute atomic E-state index is 0.190. The molecule has 0 nitrogen and oxygen atoms in total. The van der Waals surface area contributed by atoms with Gasteiger partial charge in [0.15, 0.2) is 0 Å². The second-order valence-corrected chi connectivity index (χ2v) is 2.87. The van der Waals surface area contributed by atoms with E-state index in [1.165, 1.54) is 6.07 Å². The van der Waals surface area contributed by atoms with Crippen LogP contribution in [-0.2, 0) is 6.42 Å². The zero-order valence-corrected chi connectivity index (χ0v) is 7.59. The maximum atomic E-state index is 12.9. The fourth-order valence-electron chi connectivity index (χ4n) is 1.25. The van der Waals surface area contributed by atoms with Crippen molar-refractivity contribution >= 4 is 6.08 Å². The summed E-state index contributed by atoms with van der Waals surface area (Å²) < 4.78 is 12.9. The van der Waals surface area contributed by atoms with E-state index in [1.807, 2.05) is 6.08 Å². The van der Waals surface area contributed by atoms with Gasteiger partial charge in [-0.2, -0.15) is 0 Å². The van der Waals surface area contributed by atoms with Gasteiger partial charge in [0.2, 0.25) is 0 Å². The van der Waals surface area contributed by atoms with Gasteiger partial charge in [0.25, 0.3) is 0 Å². The SMILES string of the molecule is C=CCCc1cc(F)ccc1C=C. The third-order valence-corrected chi connectivity index (χ3v) is 1.94. The number of hydrogen-bond donors (Lipinski definition) is 0. The van der Waals surface area contributed by atoms with Crippen molar-refractivity contribution in [2.75, 3.05) is 0 Å². The molecule has 0 aliphatic carbocycles. The van der Waals surface area contributed by atoms with Crippen molar-refractivity contribution in [3.05, 3.63) is 54.4 Å². The van der Waals surface area contributed by atoms with Gasteiger partial charge in [0.1, 0.15) is 5.82 Å². The molecule has 0 bridgehead atoms. The second-order valence-electron chi connectivity index (χ2n) is 2.87. The summed E-state index contributed by atoms with van der Waals surface area (Å²) in [4.78, 5) is 0. The molecule has 1 aromatic carbocycles. The molecule has 68 valence electrons. The Kier molecular flexibility index (Phi) is 3.44. The number of rotatable bonds is 4. The summed E-state index contributed by atoms with van der Waals surface area (Å²) in [6.45, 7) is 7.32. The highest BCUT2D eigenvalue weighted by atomic mass is 19.1. The monoisotopic (exact) mass is 176 g/mol. The Morgan fingerprint density at radius 1 is 1.31 bits per heavy atom. The molecule has 1 aromatic rings. The van der Waals surface area contributed by atoms with Crippen molar-refractivity contribution in [1.29, 1.82) is 0 Å². The van der Waals surface area contributed by atoms with Gasteiger partial charge in [-0.05, 0) is 36.1 Å². The van der Waals surface area contributed by atoms with Crippen LogP contribution in [-0.4, -0.2) is 0 Å². The van der Waals surface area contributed by atoms with Crippen molar-refractivity contribution in [3.8, 4) is 0 Å². The standard InChI is InChI=1S/C12H13F/c1-3-5-6-11-9-12(13)8-7-10(11)4-2/h3-4,7-9H,1-2,5-6H2. The Hall–Kier alpha value is -1.37. The predicted molar refractivity (Wildman–Crippen MR) is 55.0 cm³/mol. The summed E-state index contributed by atoms with van der Waals surface area (Å²) >= 11 is 0. The van der Waals surface area contributed by atoms with Gasteiger partial charge in [0.05, 0.1) is 0 Å². The minimum atomic E-state index is -0.190. The van der Waals surface area contributed by atoms with Gasteiger partial charge in [-0.1, -0.05) is 24.8 Å². The van der Waals surface area contributed by atoms with Gasteiger partial charge >= 0.3 is 0 Å². The van der Waals surface area contributed by atoms with Gasteiger partial charge in [0, 0.05) is 0 Å². The summed E-state index contributed by atoms with van der Waals surface area (Å²) in [6.07, 6.45) is 5.27. The maximum absolute atomic E-state index is 12.9. The Morgan fingerprint density at radius 3 is 2.69 bits per heavy atom. The molecule has 0 aliphatic rings. The van der Waals surface area contributed by atoms with Gasteiger partial charge in [-0.15, -0.1) is 6.58 Å². The van der Waals surface area contributed by atoms with Crippen LogP contribution in [0, 0.1) is 5.82 Å². The third-order valence-electron chi connectivity index (χ3n) is 1.94. The minimum Gasteiger partial charge on any atom is -0.207 e. The van der Waals surface area contributed by atoms with Gasteiger partial charge in [-0.25, -0.2) is 4.39 Å². The first-order valence-electron chi connectivity index (χ1n) is 4.29. The van der Waals surface area contributed by atoms with Crippen LogP contribution < -0.4 is 0 Å². The Bertz CT molecular complexity index is 313. The van der Waals surface area contributed by atoms with Crippen molar-refractivity contribution < 1.29 is 4.39 Å². The van der Waals surface area contributed by atoms with Crippen molar-refractivity contribution in [3.63, 3.8) is 0 Å². The summed E-state index contributed by atoms with van der Waals surface area (Å²) in [7, 11) is 0. The van der Waals surface area contributed by atoms with Crippen molar-refractivity contribution in [2.24, 2.45) is 0 Å². The molecule has 0 aliphatic heterocycles. The topological polar surface area (TPSA) is 0 Å². The third kappa shape index (κ3) is 2.55. The van der Waals surface area contributed by atoms with Crippen LogP contribution in [0.15, 0.2) is 37.4 Å². The predicted octanol–water partition coefficient (Wildman–Crippen LogP) is 3.59. The molecule has 0 radical (unpaired) electrons. The summed E-state index contributed by atoms with van der Waals surface area (Å²) in [5.74, 6) is -0.190.